The van der Waals surface area contributed by atoms with Gasteiger partial charge in [0, 0.05) is 23.8 Å². The maximum atomic E-state index is 12.6. The molecule has 2 heterocycles. The molecule has 0 spiro atoms. The van der Waals surface area contributed by atoms with Crippen molar-refractivity contribution in [1.29, 1.82) is 0 Å². The highest BCUT2D eigenvalue weighted by Crippen LogP contribution is 2.38. The smallest absolute Gasteiger partial charge is 0.264 e. The van der Waals surface area contributed by atoms with Gasteiger partial charge in [-0.3, -0.25) is 9.59 Å². The molecular weight excluding hydrogens is 256 g/mol. The molecular formula is C15H16N2O3. The van der Waals surface area contributed by atoms with E-state index in [2.05, 4.69) is 0 Å². The van der Waals surface area contributed by atoms with Crippen LogP contribution in [0, 0.1) is 6.92 Å². The second-order valence-electron chi connectivity index (χ2n) is 5.92. The number of aromatic nitrogens is 2. The van der Waals surface area contributed by atoms with Crippen molar-refractivity contribution in [3.63, 3.8) is 0 Å². The van der Waals surface area contributed by atoms with Gasteiger partial charge in [-0.15, -0.1) is 0 Å². The van der Waals surface area contributed by atoms with Gasteiger partial charge >= 0.3 is 0 Å². The molecule has 0 aliphatic heterocycles. The summed E-state index contributed by atoms with van der Waals surface area (Å²) in [6.07, 6.45) is 3.94. The van der Waals surface area contributed by atoms with Crippen molar-refractivity contribution in [2.45, 2.75) is 44.7 Å². The third-order valence-electron chi connectivity index (χ3n) is 4.25. The van der Waals surface area contributed by atoms with Gasteiger partial charge in [0.1, 0.15) is 11.1 Å². The Kier molecular flexibility index (Phi) is 2.20. The van der Waals surface area contributed by atoms with Crippen LogP contribution >= 0.6 is 0 Å². The van der Waals surface area contributed by atoms with Crippen molar-refractivity contribution in [2.75, 3.05) is 0 Å². The molecule has 0 amide bonds. The van der Waals surface area contributed by atoms with E-state index in [1.165, 1.54) is 6.07 Å². The van der Waals surface area contributed by atoms with Crippen molar-refractivity contribution in [3.05, 3.63) is 38.5 Å². The van der Waals surface area contributed by atoms with E-state index in [1.807, 2.05) is 13.0 Å². The van der Waals surface area contributed by atoms with E-state index in [9.17, 15) is 14.7 Å². The lowest BCUT2D eigenvalue weighted by Crippen LogP contribution is -2.26. The molecule has 104 valence electrons. The first-order chi connectivity index (χ1) is 9.58. The molecule has 2 saturated carbocycles. The lowest BCUT2D eigenvalue weighted by molar-refractivity contribution is 0.477. The first-order valence-electron chi connectivity index (χ1n) is 7.08. The van der Waals surface area contributed by atoms with Crippen LogP contribution in [0.5, 0.6) is 5.75 Å². The molecule has 5 heteroatoms. The third kappa shape index (κ3) is 1.55. The predicted molar refractivity (Wildman–Crippen MR) is 75.4 cm³/mol. The van der Waals surface area contributed by atoms with Gasteiger partial charge in [0.25, 0.3) is 11.1 Å². The number of aryl methyl sites for hydroxylation is 1. The standard InChI is InChI=1S/C15H16N2O3/c1-8-6-11-14(15(20)16(8)9-2-3-9)12(18)7-13(19)17(11)10-4-5-10/h6-7,9-10,18H,2-5H2,1H3. The average Bonchev–Trinajstić information content (AvgIpc) is 3.22. The Labute approximate surface area is 115 Å². The Balaban J connectivity index is 2.16. The fourth-order valence-electron chi connectivity index (χ4n) is 3.03. The van der Waals surface area contributed by atoms with Crippen molar-refractivity contribution < 1.29 is 5.11 Å². The van der Waals surface area contributed by atoms with Crippen LogP contribution in [0.3, 0.4) is 0 Å². The van der Waals surface area contributed by atoms with Crippen molar-refractivity contribution >= 4 is 10.9 Å². The van der Waals surface area contributed by atoms with Gasteiger partial charge in [-0.1, -0.05) is 0 Å². The maximum Gasteiger partial charge on any atom is 0.264 e. The van der Waals surface area contributed by atoms with Crippen LogP contribution in [-0.4, -0.2) is 14.2 Å². The van der Waals surface area contributed by atoms with Crippen LogP contribution in [0.1, 0.15) is 43.5 Å². The molecule has 2 aliphatic rings. The number of rotatable bonds is 2. The third-order valence-corrected chi connectivity index (χ3v) is 4.25. The highest BCUT2D eigenvalue weighted by molar-refractivity contribution is 5.84. The minimum Gasteiger partial charge on any atom is -0.507 e. The Morgan fingerprint density at radius 2 is 1.65 bits per heavy atom. The normalized spacial score (nSPS) is 18.6. The zero-order valence-electron chi connectivity index (χ0n) is 11.3. The predicted octanol–water partition coefficient (Wildman–Crippen LogP) is 1.85. The number of hydrogen-bond donors (Lipinski definition) is 1. The van der Waals surface area contributed by atoms with Crippen LogP contribution in [0.25, 0.3) is 10.9 Å². The summed E-state index contributed by atoms with van der Waals surface area (Å²) in [5.74, 6) is -0.193. The molecule has 2 aliphatic carbocycles. The molecule has 2 aromatic rings. The second-order valence-corrected chi connectivity index (χ2v) is 5.92. The van der Waals surface area contributed by atoms with Crippen LogP contribution in [-0.2, 0) is 0 Å². The molecule has 0 saturated heterocycles. The summed E-state index contributed by atoms with van der Waals surface area (Å²) in [5, 5.41) is 10.3. The van der Waals surface area contributed by atoms with Crippen LogP contribution < -0.4 is 11.1 Å². The fraction of sp³-hybridized carbons (Fsp3) is 0.467. The zero-order chi connectivity index (χ0) is 14.0. The molecule has 0 atom stereocenters. The molecule has 2 fully saturated rings. The van der Waals surface area contributed by atoms with Gasteiger partial charge < -0.3 is 14.2 Å². The molecule has 1 N–H and O–H groups in total. The number of nitrogens with zero attached hydrogens (tertiary/aromatic N) is 2. The van der Waals surface area contributed by atoms with Gasteiger partial charge in [0.05, 0.1) is 5.52 Å². The summed E-state index contributed by atoms with van der Waals surface area (Å²) in [6, 6.07) is 3.48. The van der Waals surface area contributed by atoms with Crippen LogP contribution in [0.4, 0.5) is 0 Å². The second kappa shape index (κ2) is 3.75. The highest BCUT2D eigenvalue weighted by Gasteiger charge is 2.30. The Morgan fingerprint density at radius 3 is 2.25 bits per heavy atom. The molecule has 0 unspecified atom stereocenters. The van der Waals surface area contributed by atoms with E-state index in [0.29, 0.717) is 5.52 Å². The summed E-state index contributed by atoms with van der Waals surface area (Å²) in [7, 11) is 0. The van der Waals surface area contributed by atoms with Crippen LogP contribution in [0.2, 0.25) is 0 Å². The largest absolute Gasteiger partial charge is 0.507 e. The first kappa shape index (κ1) is 11.8. The average molecular weight is 272 g/mol. The van der Waals surface area contributed by atoms with Gasteiger partial charge in [-0.05, 0) is 38.7 Å². The number of pyridine rings is 2. The van der Waals surface area contributed by atoms with E-state index in [0.717, 1.165) is 31.4 Å². The Bertz CT molecular complexity index is 839. The molecule has 20 heavy (non-hydrogen) atoms. The first-order valence-corrected chi connectivity index (χ1v) is 7.08. The highest BCUT2D eigenvalue weighted by atomic mass is 16.3. The number of fused-ring (bicyclic) bond motifs is 1. The van der Waals surface area contributed by atoms with Gasteiger partial charge in [-0.25, -0.2) is 0 Å². The van der Waals surface area contributed by atoms with E-state index < -0.39 is 0 Å². The summed E-state index contributed by atoms with van der Waals surface area (Å²) < 4.78 is 3.42. The fourth-order valence-corrected chi connectivity index (χ4v) is 3.03. The zero-order valence-corrected chi connectivity index (χ0v) is 11.3. The molecule has 0 aromatic carbocycles. The van der Waals surface area contributed by atoms with Crippen molar-refractivity contribution in [3.8, 4) is 5.75 Å². The monoisotopic (exact) mass is 272 g/mol. The topological polar surface area (TPSA) is 64.2 Å². The SMILES string of the molecule is Cc1cc2c(c(O)cc(=O)n2C2CC2)c(=O)n1C1CC1. The van der Waals surface area contributed by atoms with E-state index >= 15 is 0 Å². The minimum atomic E-state index is -0.222. The molecule has 4 rings (SSSR count). The van der Waals surface area contributed by atoms with Gasteiger partial charge in [-0.2, -0.15) is 0 Å². The van der Waals surface area contributed by atoms with Crippen molar-refractivity contribution in [1.82, 2.24) is 9.13 Å². The lowest BCUT2D eigenvalue weighted by atomic mass is 10.2. The van der Waals surface area contributed by atoms with Gasteiger partial charge in [0.15, 0.2) is 0 Å². The van der Waals surface area contributed by atoms with Gasteiger partial charge in [0.2, 0.25) is 0 Å². The summed E-state index contributed by atoms with van der Waals surface area (Å²) in [6.45, 7) is 1.89. The van der Waals surface area contributed by atoms with Crippen molar-refractivity contribution in [2.24, 2.45) is 0 Å². The summed E-state index contributed by atoms with van der Waals surface area (Å²) >= 11 is 0. The molecule has 0 radical (unpaired) electrons. The molecule has 2 aromatic heterocycles. The summed E-state index contributed by atoms with van der Waals surface area (Å²) in [5.41, 5.74) is 1.05. The van der Waals surface area contributed by atoms with E-state index in [1.54, 1.807) is 9.13 Å². The number of aromatic hydroxyl groups is 1. The Morgan fingerprint density at radius 1 is 1.05 bits per heavy atom. The lowest BCUT2D eigenvalue weighted by Gasteiger charge is -2.15. The van der Waals surface area contributed by atoms with E-state index in [-0.39, 0.29) is 34.3 Å². The summed E-state index contributed by atoms with van der Waals surface area (Å²) in [4.78, 5) is 24.7. The Hall–Kier alpha value is -2.04. The quantitative estimate of drug-likeness (QED) is 0.907. The maximum absolute atomic E-state index is 12.6. The van der Waals surface area contributed by atoms with Crippen LogP contribution in [0.15, 0.2) is 21.7 Å². The number of hydrogen-bond acceptors (Lipinski definition) is 3. The molecule has 0 bridgehead atoms. The minimum absolute atomic E-state index is 0.172. The van der Waals surface area contributed by atoms with E-state index in [4.69, 9.17) is 0 Å². The molecule has 5 nitrogen and oxygen atoms in total.